The Bertz CT molecular complexity index is 389. The van der Waals surface area contributed by atoms with E-state index < -0.39 is 0 Å². The molecular weight excluding hydrogens is 235 g/mol. The molecule has 15 heavy (non-hydrogen) atoms. The standard InChI is InChI=1S/C10H10N2O.2ClH/c11-7-9-6-10(12-13-9)8-4-2-1-3-5-8;;/h1-6H,7,11H2;2*1H. The molecule has 0 aliphatic carbocycles. The molecule has 0 saturated carbocycles. The van der Waals surface area contributed by atoms with Gasteiger partial charge >= 0.3 is 0 Å². The minimum atomic E-state index is 0. The lowest BCUT2D eigenvalue weighted by Gasteiger charge is -1.91. The van der Waals surface area contributed by atoms with Crippen LogP contribution in [0, 0.1) is 0 Å². The summed E-state index contributed by atoms with van der Waals surface area (Å²) in [7, 11) is 0. The van der Waals surface area contributed by atoms with Gasteiger partial charge in [-0.2, -0.15) is 0 Å². The van der Waals surface area contributed by atoms with Gasteiger partial charge < -0.3 is 10.3 Å². The van der Waals surface area contributed by atoms with E-state index in [1.807, 2.05) is 36.4 Å². The van der Waals surface area contributed by atoms with E-state index in [1.54, 1.807) is 0 Å². The lowest BCUT2D eigenvalue weighted by Crippen LogP contribution is -1.92. The minimum absolute atomic E-state index is 0. The van der Waals surface area contributed by atoms with Crippen LogP contribution in [-0.2, 0) is 6.54 Å². The molecule has 0 bridgehead atoms. The zero-order valence-electron chi connectivity index (χ0n) is 7.92. The maximum absolute atomic E-state index is 5.41. The van der Waals surface area contributed by atoms with Crippen molar-refractivity contribution >= 4 is 24.8 Å². The zero-order chi connectivity index (χ0) is 9.10. The van der Waals surface area contributed by atoms with Gasteiger partial charge in [0.2, 0.25) is 0 Å². The fourth-order valence-corrected chi connectivity index (χ4v) is 1.15. The van der Waals surface area contributed by atoms with E-state index in [0.29, 0.717) is 12.3 Å². The van der Waals surface area contributed by atoms with Gasteiger partial charge in [-0.15, -0.1) is 24.8 Å². The van der Waals surface area contributed by atoms with Crippen LogP contribution >= 0.6 is 24.8 Å². The molecule has 3 nitrogen and oxygen atoms in total. The van der Waals surface area contributed by atoms with Crippen molar-refractivity contribution in [3.8, 4) is 11.3 Å². The molecule has 0 aliphatic heterocycles. The third kappa shape index (κ3) is 3.23. The quantitative estimate of drug-likeness (QED) is 0.887. The SMILES string of the molecule is Cl.Cl.NCc1cc(-c2ccccc2)no1. The number of benzene rings is 1. The monoisotopic (exact) mass is 246 g/mol. The number of nitrogens with zero attached hydrogens (tertiary/aromatic N) is 1. The highest BCUT2D eigenvalue weighted by Gasteiger charge is 2.03. The van der Waals surface area contributed by atoms with Crippen LogP contribution in [0.2, 0.25) is 0 Å². The molecule has 0 unspecified atom stereocenters. The summed E-state index contributed by atoms with van der Waals surface area (Å²) in [5, 5.41) is 3.90. The second-order valence-electron chi connectivity index (χ2n) is 2.75. The molecule has 5 heteroatoms. The van der Waals surface area contributed by atoms with Crippen LogP contribution in [0.15, 0.2) is 40.9 Å². The largest absolute Gasteiger partial charge is 0.359 e. The summed E-state index contributed by atoms with van der Waals surface area (Å²) in [6.45, 7) is 0.389. The molecule has 1 aromatic carbocycles. The van der Waals surface area contributed by atoms with Crippen LogP contribution in [0.1, 0.15) is 5.76 Å². The second kappa shape index (κ2) is 6.45. The summed E-state index contributed by atoms with van der Waals surface area (Å²) < 4.78 is 4.99. The average molecular weight is 247 g/mol. The summed E-state index contributed by atoms with van der Waals surface area (Å²) in [5.41, 5.74) is 7.29. The fraction of sp³-hybridized carbons (Fsp3) is 0.100. The summed E-state index contributed by atoms with van der Waals surface area (Å²) >= 11 is 0. The number of hydrogen-bond donors (Lipinski definition) is 1. The van der Waals surface area contributed by atoms with Crippen LogP contribution in [0.3, 0.4) is 0 Å². The van der Waals surface area contributed by atoms with Gasteiger partial charge in [-0.1, -0.05) is 35.5 Å². The van der Waals surface area contributed by atoms with Crippen molar-refractivity contribution in [1.29, 1.82) is 0 Å². The van der Waals surface area contributed by atoms with Crippen LogP contribution in [0.25, 0.3) is 11.3 Å². The summed E-state index contributed by atoms with van der Waals surface area (Å²) in [4.78, 5) is 0. The third-order valence-electron chi connectivity index (χ3n) is 1.83. The first kappa shape index (κ1) is 14.0. The first-order chi connectivity index (χ1) is 6.40. The van der Waals surface area contributed by atoms with Gasteiger partial charge in [0.05, 0.1) is 6.54 Å². The Balaban J connectivity index is 0.000000980. The normalized spacial score (nSPS) is 8.87. The van der Waals surface area contributed by atoms with E-state index >= 15 is 0 Å². The van der Waals surface area contributed by atoms with E-state index in [9.17, 15) is 0 Å². The van der Waals surface area contributed by atoms with E-state index in [-0.39, 0.29) is 24.8 Å². The second-order valence-corrected chi connectivity index (χ2v) is 2.75. The number of halogens is 2. The maximum atomic E-state index is 5.41. The summed E-state index contributed by atoms with van der Waals surface area (Å²) in [5.74, 6) is 0.707. The smallest absolute Gasteiger partial charge is 0.150 e. The molecule has 1 heterocycles. The van der Waals surface area contributed by atoms with Gasteiger partial charge in [0.1, 0.15) is 5.69 Å². The van der Waals surface area contributed by atoms with E-state index in [1.165, 1.54) is 0 Å². The van der Waals surface area contributed by atoms with Gasteiger partial charge in [-0.3, -0.25) is 0 Å². The van der Waals surface area contributed by atoms with Gasteiger partial charge in [0, 0.05) is 11.6 Å². The van der Waals surface area contributed by atoms with Crippen LogP contribution in [0.5, 0.6) is 0 Å². The Kier molecular flexibility index (Phi) is 6.01. The molecule has 0 aliphatic rings. The van der Waals surface area contributed by atoms with Crippen molar-refractivity contribution in [2.75, 3.05) is 0 Å². The Morgan fingerprint density at radius 2 is 1.80 bits per heavy atom. The van der Waals surface area contributed by atoms with Crippen molar-refractivity contribution in [2.45, 2.75) is 6.54 Å². The molecule has 0 amide bonds. The molecule has 2 rings (SSSR count). The molecule has 0 saturated heterocycles. The van der Waals surface area contributed by atoms with Crippen molar-refractivity contribution in [3.05, 3.63) is 42.2 Å². The Morgan fingerprint density at radius 1 is 1.13 bits per heavy atom. The molecule has 82 valence electrons. The topological polar surface area (TPSA) is 52.0 Å². The third-order valence-corrected chi connectivity index (χ3v) is 1.83. The molecule has 2 N–H and O–H groups in total. The van der Waals surface area contributed by atoms with Crippen LogP contribution < -0.4 is 5.73 Å². The molecule has 0 atom stereocenters. The number of rotatable bonds is 2. The van der Waals surface area contributed by atoms with Gasteiger partial charge in [-0.05, 0) is 0 Å². The minimum Gasteiger partial charge on any atom is -0.359 e. The zero-order valence-corrected chi connectivity index (χ0v) is 9.55. The number of aromatic nitrogens is 1. The first-order valence-corrected chi connectivity index (χ1v) is 4.11. The highest BCUT2D eigenvalue weighted by Crippen LogP contribution is 2.17. The molecule has 0 fully saturated rings. The van der Waals surface area contributed by atoms with E-state index in [0.717, 1.165) is 11.3 Å². The number of nitrogens with two attached hydrogens (primary N) is 1. The van der Waals surface area contributed by atoms with E-state index in [2.05, 4.69) is 5.16 Å². The van der Waals surface area contributed by atoms with Gasteiger partial charge in [0.25, 0.3) is 0 Å². The highest BCUT2D eigenvalue weighted by atomic mass is 35.5. The van der Waals surface area contributed by atoms with Crippen molar-refractivity contribution in [2.24, 2.45) is 5.73 Å². The number of hydrogen-bond acceptors (Lipinski definition) is 3. The Morgan fingerprint density at radius 3 is 2.33 bits per heavy atom. The Hall–Kier alpha value is -1.03. The predicted molar refractivity (Wildman–Crippen MR) is 64.3 cm³/mol. The van der Waals surface area contributed by atoms with Crippen LogP contribution in [-0.4, -0.2) is 5.16 Å². The summed E-state index contributed by atoms with van der Waals surface area (Å²) in [6, 6.07) is 11.7. The molecular formula is C10H12Cl2N2O. The maximum Gasteiger partial charge on any atom is 0.150 e. The fourth-order valence-electron chi connectivity index (χ4n) is 1.15. The Labute approximate surface area is 100 Å². The van der Waals surface area contributed by atoms with Crippen molar-refractivity contribution < 1.29 is 4.52 Å². The molecule has 0 spiro atoms. The van der Waals surface area contributed by atoms with E-state index in [4.69, 9.17) is 10.3 Å². The van der Waals surface area contributed by atoms with Gasteiger partial charge in [-0.25, -0.2) is 0 Å². The van der Waals surface area contributed by atoms with Gasteiger partial charge in [0.15, 0.2) is 5.76 Å². The van der Waals surface area contributed by atoms with Crippen molar-refractivity contribution in [1.82, 2.24) is 5.16 Å². The molecule has 0 radical (unpaired) electrons. The highest BCUT2D eigenvalue weighted by molar-refractivity contribution is 5.85. The first-order valence-electron chi connectivity index (χ1n) is 4.11. The average Bonchev–Trinajstić information content (AvgIpc) is 2.67. The molecule has 2 aromatic rings. The van der Waals surface area contributed by atoms with Crippen molar-refractivity contribution in [3.63, 3.8) is 0 Å². The van der Waals surface area contributed by atoms with Crippen LogP contribution in [0.4, 0.5) is 0 Å². The summed E-state index contributed by atoms with van der Waals surface area (Å²) in [6.07, 6.45) is 0. The lowest BCUT2D eigenvalue weighted by molar-refractivity contribution is 0.387. The lowest BCUT2D eigenvalue weighted by atomic mass is 10.1. The molecule has 1 aromatic heterocycles. The predicted octanol–water partition coefficient (Wildman–Crippen LogP) is 2.64.